The molecule has 0 bridgehead atoms. The van der Waals surface area contributed by atoms with Crippen molar-refractivity contribution in [2.24, 2.45) is 4.99 Å². The average molecular weight is 339 g/mol. The Balaban J connectivity index is 1.89. The summed E-state index contributed by atoms with van der Waals surface area (Å²) < 4.78 is 16.0. The number of nitrogens with zero attached hydrogens (tertiary/aromatic N) is 1. The number of benzene rings is 2. The number of methoxy groups -OCH3 is 3. The first-order valence-electron chi connectivity index (χ1n) is 8.12. The summed E-state index contributed by atoms with van der Waals surface area (Å²) in [6, 6.07) is 11.1. The molecule has 1 aliphatic heterocycles. The second kappa shape index (κ2) is 7.38. The number of rotatable bonds is 6. The molecule has 0 radical (unpaired) electrons. The van der Waals surface area contributed by atoms with E-state index in [-0.39, 0.29) is 12.2 Å². The van der Waals surface area contributed by atoms with E-state index in [2.05, 4.69) is 4.99 Å². The van der Waals surface area contributed by atoms with Crippen molar-refractivity contribution in [3.63, 3.8) is 0 Å². The van der Waals surface area contributed by atoms with Crippen LogP contribution in [0.5, 0.6) is 17.2 Å². The Bertz CT molecular complexity index is 826. The van der Waals surface area contributed by atoms with Crippen molar-refractivity contribution in [2.45, 2.75) is 12.8 Å². The highest BCUT2D eigenvalue weighted by atomic mass is 16.5. The molecule has 0 spiro atoms. The molecule has 0 saturated carbocycles. The number of carbonyl (C=O) groups excluding carboxylic acids is 1. The summed E-state index contributed by atoms with van der Waals surface area (Å²) in [5, 5.41) is 0. The van der Waals surface area contributed by atoms with Crippen LogP contribution in [0.15, 0.2) is 41.4 Å². The Kier molecular flexibility index (Phi) is 5.03. The molecule has 0 N–H and O–H groups in total. The van der Waals surface area contributed by atoms with E-state index in [1.807, 2.05) is 24.3 Å². The van der Waals surface area contributed by atoms with Crippen molar-refractivity contribution in [3.05, 3.63) is 53.1 Å². The van der Waals surface area contributed by atoms with Crippen molar-refractivity contribution >= 4 is 11.5 Å². The normalized spacial score (nSPS) is 12.8. The zero-order valence-corrected chi connectivity index (χ0v) is 14.7. The van der Waals surface area contributed by atoms with Crippen molar-refractivity contribution in [3.8, 4) is 17.2 Å². The first kappa shape index (κ1) is 17.0. The number of hydrogen-bond donors (Lipinski definition) is 0. The Labute approximate surface area is 147 Å². The SMILES string of the molecule is COc1cccc(C(=O)CC2=NCCc3cc(OC)c(OC)cc32)c1. The highest BCUT2D eigenvalue weighted by Gasteiger charge is 2.21. The monoisotopic (exact) mass is 339 g/mol. The molecule has 0 atom stereocenters. The van der Waals surface area contributed by atoms with Gasteiger partial charge in [-0.25, -0.2) is 0 Å². The molecule has 2 aromatic rings. The number of aliphatic imine (C=N–C) groups is 1. The lowest BCUT2D eigenvalue weighted by molar-refractivity contribution is 0.100. The summed E-state index contributed by atoms with van der Waals surface area (Å²) in [5.74, 6) is 2.02. The summed E-state index contributed by atoms with van der Waals surface area (Å²) in [6.45, 7) is 0.670. The van der Waals surface area contributed by atoms with E-state index in [1.54, 1.807) is 33.5 Å². The van der Waals surface area contributed by atoms with Gasteiger partial charge in [0.15, 0.2) is 17.3 Å². The minimum absolute atomic E-state index is 0.0142. The van der Waals surface area contributed by atoms with Crippen LogP contribution in [0.1, 0.15) is 27.9 Å². The highest BCUT2D eigenvalue weighted by molar-refractivity contribution is 6.16. The zero-order valence-electron chi connectivity index (χ0n) is 14.7. The molecule has 0 saturated heterocycles. The van der Waals surface area contributed by atoms with Gasteiger partial charge < -0.3 is 14.2 Å². The fourth-order valence-corrected chi connectivity index (χ4v) is 2.99. The average Bonchev–Trinajstić information content (AvgIpc) is 2.67. The van der Waals surface area contributed by atoms with Crippen molar-refractivity contribution < 1.29 is 19.0 Å². The van der Waals surface area contributed by atoms with Gasteiger partial charge in [0.05, 0.1) is 33.5 Å². The van der Waals surface area contributed by atoms with Gasteiger partial charge in [0, 0.05) is 17.7 Å². The molecular formula is C20H21NO4. The number of carbonyl (C=O) groups is 1. The van der Waals surface area contributed by atoms with Crippen LogP contribution in [-0.2, 0) is 6.42 Å². The third-order valence-corrected chi connectivity index (χ3v) is 4.32. The summed E-state index contributed by atoms with van der Waals surface area (Å²) in [7, 11) is 4.81. The third kappa shape index (κ3) is 3.50. The van der Waals surface area contributed by atoms with Gasteiger partial charge in [-0.3, -0.25) is 9.79 Å². The van der Waals surface area contributed by atoms with Gasteiger partial charge in [0.1, 0.15) is 5.75 Å². The van der Waals surface area contributed by atoms with Gasteiger partial charge in [-0.1, -0.05) is 12.1 Å². The highest BCUT2D eigenvalue weighted by Crippen LogP contribution is 2.33. The lowest BCUT2D eigenvalue weighted by Crippen LogP contribution is -2.17. The number of fused-ring (bicyclic) bond motifs is 1. The van der Waals surface area contributed by atoms with E-state index in [0.29, 0.717) is 29.4 Å². The minimum atomic E-state index is 0.0142. The van der Waals surface area contributed by atoms with E-state index >= 15 is 0 Å². The first-order valence-corrected chi connectivity index (χ1v) is 8.12. The summed E-state index contributed by atoms with van der Waals surface area (Å²) in [6.07, 6.45) is 1.07. The largest absolute Gasteiger partial charge is 0.497 e. The fraction of sp³-hybridized carbons (Fsp3) is 0.300. The first-order chi connectivity index (χ1) is 12.2. The number of Topliss-reactive ketones (excluding diaryl/α,β-unsaturated/α-hetero) is 1. The van der Waals surface area contributed by atoms with E-state index in [1.165, 1.54) is 0 Å². The van der Waals surface area contributed by atoms with Gasteiger partial charge in [0.25, 0.3) is 0 Å². The predicted octanol–water partition coefficient (Wildman–Crippen LogP) is 3.33. The van der Waals surface area contributed by atoms with Gasteiger partial charge in [-0.15, -0.1) is 0 Å². The maximum absolute atomic E-state index is 12.7. The molecular weight excluding hydrogens is 318 g/mol. The van der Waals surface area contributed by atoms with Crippen LogP contribution in [0.4, 0.5) is 0 Å². The Morgan fingerprint density at radius 1 is 1.04 bits per heavy atom. The molecule has 25 heavy (non-hydrogen) atoms. The lowest BCUT2D eigenvalue weighted by atomic mass is 9.92. The van der Waals surface area contributed by atoms with Gasteiger partial charge in [-0.2, -0.15) is 0 Å². The molecule has 0 fully saturated rings. The number of hydrogen-bond acceptors (Lipinski definition) is 5. The second-order valence-electron chi connectivity index (χ2n) is 5.77. The van der Waals surface area contributed by atoms with Crippen molar-refractivity contribution in [1.29, 1.82) is 0 Å². The number of ether oxygens (including phenoxy) is 3. The maximum atomic E-state index is 12.7. The predicted molar refractivity (Wildman–Crippen MR) is 96.6 cm³/mol. The molecule has 5 nitrogen and oxygen atoms in total. The molecule has 1 heterocycles. The quantitative estimate of drug-likeness (QED) is 0.758. The molecule has 3 rings (SSSR count). The van der Waals surface area contributed by atoms with Gasteiger partial charge in [0.2, 0.25) is 0 Å². The lowest BCUT2D eigenvalue weighted by Gasteiger charge is -2.19. The van der Waals surface area contributed by atoms with Crippen LogP contribution < -0.4 is 14.2 Å². The molecule has 1 aliphatic rings. The van der Waals surface area contributed by atoms with E-state index in [9.17, 15) is 4.79 Å². The molecule has 0 unspecified atom stereocenters. The summed E-state index contributed by atoms with van der Waals surface area (Å²) >= 11 is 0. The van der Waals surface area contributed by atoms with Crippen molar-refractivity contribution in [1.82, 2.24) is 0 Å². The van der Waals surface area contributed by atoms with Crippen molar-refractivity contribution in [2.75, 3.05) is 27.9 Å². The van der Waals surface area contributed by atoms with Crippen LogP contribution in [0.3, 0.4) is 0 Å². The molecule has 0 amide bonds. The van der Waals surface area contributed by atoms with E-state index in [0.717, 1.165) is 23.3 Å². The topological polar surface area (TPSA) is 57.1 Å². The smallest absolute Gasteiger partial charge is 0.168 e. The Morgan fingerprint density at radius 3 is 2.52 bits per heavy atom. The van der Waals surface area contributed by atoms with Crippen LogP contribution in [0.25, 0.3) is 0 Å². The van der Waals surface area contributed by atoms with E-state index < -0.39 is 0 Å². The van der Waals surface area contributed by atoms with Crippen LogP contribution in [-0.4, -0.2) is 39.4 Å². The maximum Gasteiger partial charge on any atom is 0.168 e. The van der Waals surface area contributed by atoms with Gasteiger partial charge >= 0.3 is 0 Å². The molecule has 0 aromatic heterocycles. The molecule has 0 aliphatic carbocycles. The standard InChI is InChI=1S/C20H21NO4/c1-23-15-6-4-5-14(9-15)18(22)12-17-16-11-20(25-3)19(24-2)10-13(16)7-8-21-17/h4-6,9-11H,7-8,12H2,1-3H3. The van der Waals surface area contributed by atoms with Crippen LogP contribution >= 0.6 is 0 Å². The number of ketones is 1. The second-order valence-corrected chi connectivity index (χ2v) is 5.77. The molecule has 5 heteroatoms. The van der Waals surface area contributed by atoms with Gasteiger partial charge in [-0.05, 0) is 36.2 Å². The molecule has 2 aromatic carbocycles. The summed E-state index contributed by atoms with van der Waals surface area (Å²) in [5.41, 5.74) is 3.49. The Hall–Kier alpha value is -2.82. The van der Waals surface area contributed by atoms with Crippen LogP contribution in [0.2, 0.25) is 0 Å². The molecule has 130 valence electrons. The minimum Gasteiger partial charge on any atom is -0.497 e. The zero-order chi connectivity index (χ0) is 17.8. The van der Waals surface area contributed by atoms with E-state index in [4.69, 9.17) is 14.2 Å². The third-order valence-electron chi connectivity index (χ3n) is 4.32. The fourth-order valence-electron chi connectivity index (χ4n) is 2.99. The van der Waals surface area contributed by atoms with Crippen LogP contribution in [0, 0.1) is 0 Å². The summed E-state index contributed by atoms with van der Waals surface area (Å²) in [4.78, 5) is 17.3. The Morgan fingerprint density at radius 2 is 1.80 bits per heavy atom.